The first-order valence-electron chi connectivity index (χ1n) is 3.75. The number of rotatable bonds is 4. The summed E-state index contributed by atoms with van der Waals surface area (Å²) < 4.78 is 0. The number of carbonyl (C=O) groups is 3. The fourth-order valence-electron chi connectivity index (χ4n) is 0.870. The van der Waals surface area contributed by atoms with Gasteiger partial charge in [0.2, 0.25) is 11.8 Å². The number of hydrogen-bond donors (Lipinski definition) is 5. The number of aliphatic hydroxyl groups is 2. The number of nitrogens with two attached hydrogens (primary N) is 2. The molecule has 8 heteroatoms. The second kappa shape index (κ2) is 4.84. The summed E-state index contributed by atoms with van der Waals surface area (Å²) in [4.78, 5) is 32.2. The predicted molar refractivity (Wildman–Crippen MR) is 48.3 cm³/mol. The molecular weight excluding hydrogens is 206 g/mol. The summed E-state index contributed by atoms with van der Waals surface area (Å²) in [6.45, 7) is 1.06. The highest BCUT2D eigenvalue weighted by atomic mass is 16.5. The molecule has 0 fully saturated rings. The van der Waals surface area contributed by atoms with E-state index in [1.54, 1.807) is 0 Å². The molecule has 0 bridgehead atoms. The minimum Gasteiger partial charge on any atom is -0.481 e. The van der Waals surface area contributed by atoms with Crippen molar-refractivity contribution in [2.75, 3.05) is 0 Å². The SMILES string of the molecule is CC(=O)NC(C(N)=O)C(C(N)=O)=C(O)O. The second-order valence-corrected chi connectivity index (χ2v) is 2.64. The van der Waals surface area contributed by atoms with E-state index >= 15 is 0 Å². The predicted octanol–water partition coefficient (Wildman–Crippen LogP) is -2.21. The molecular formula is C7H11N3O5. The van der Waals surface area contributed by atoms with Crippen molar-refractivity contribution in [3.8, 4) is 0 Å². The normalized spacial score (nSPS) is 11.3. The zero-order valence-electron chi connectivity index (χ0n) is 7.85. The Labute approximate surface area is 84.5 Å². The summed E-state index contributed by atoms with van der Waals surface area (Å²) in [6.07, 6.45) is 0. The highest BCUT2D eigenvalue weighted by molar-refractivity contribution is 6.02. The van der Waals surface area contributed by atoms with Crippen molar-refractivity contribution < 1.29 is 24.6 Å². The van der Waals surface area contributed by atoms with E-state index in [-0.39, 0.29) is 0 Å². The van der Waals surface area contributed by atoms with Gasteiger partial charge in [0.1, 0.15) is 11.6 Å². The van der Waals surface area contributed by atoms with Crippen molar-refractivity contribution in [2.24, 2.45) is 11.5 Å². The standard InChI is InChI=1S/C7H11N3O5/c1-2(11)10-4(6(9)13)3(5(8)12)7(14)15/h4,14-15H,1H3,(H2,8,12)(H2,9,13)(H,10,11). The van der Waals surface area contributed by atoms with E-state index in [2.05, 4.69) is 0 Å². The molecule has 0 aromatic carbocycles. The Bertz CT molecular complexity index is 332. The molecule has 7 N–H and O–H groups in total. The molecule has 0 saturated carbocycles. The number of primary amides is 2. The number of aliphatic hydroxyl groups excluding tert-OH is 1. The van der Waals surface area contributed by atoms with Crippen LogP contribution in [0.4, 0.5) is 0 Å². The van der Waals surface area contributed by atoms with Gasteiger partial charge >= 0.3 is 0 Å². The summed E-state index contributed by atoms with van der Waals surface area (Å²) >= 11 is 0. The molecule has 0 heterocycles. The molecule has 3 amide bonds. The fourth-order valence-corrected chi connectivity index (χ4v) is 0.870. The first-order valence-corrected chi connectivity index (χ1v) is 3.75. The molecule has 0 aliphatic rings. The molecule has 0 aliphatic heterocycles. The van der Waals surface area contributed by atoms with Crippen molar-refractivity contribution in [1.82, 2.24) is 5.32 Å². The van der Waals surface area contributed by atoms with Crippen LogP contribution in [0.15, 0.2) is 11.5 Å². The molecule has 15 heavy (non-hydrogen) atoms. The minimum atomic E-state index is -1.66. The average molecular weight is 217 g/mol. The Morgan fingerprint density at radius 1 is 1.20 bits per heavy atom. The number of amides is 3. The summed E-state index contributed by atoms with van der Waals surface area (Å²) in [5.74, 6) is -4.55. The molecule has 1 atom stereocenters. The summed E-state index contributed by atoms with van der Waals surface area (Å²) in [5.41, 5.74) is 8.76. The van der Waals surface area contributed by atoms with E-state index in [0.717, 1.165) is 6.92 Å². The van der Waals surface area contributed by atoms with Gasteiger partial charge in [-0.05, 0) is 0 Å². The first kappa shape index (κ1) is 12.8. The van der Waals surface area contributed by atoms with Gasteiger partial charge in [-0.2, -0.15) is 0 Å². The molecule has 84 valence electrons. The van der Waals surface area contributed by atoms with Crippen LogP contribution in [0.5, 0.6) is 0 Å². The highest BCUT2D eigenvalue weighted by Crippen LogP contribution is 2.05. The zero-order valence-corrected chi connectivity index (χ0v) is 7.85. The largest absolute Gasteiger partial charge is 0.481 e. The third-order valence-corrected chi connectivity index (χ3v) is 1.43. The quantitative estimate of drug-likeness (QED) is 0.266. The Balaban J connectivity index is 5.22. The lowest BCUT2D eigenvalue weighted by molar-refractivity contribution is -0.126. The molecule has 0 saturated heterocycles. The van der Waals surface area contributed by atoms with Crippen molar-refractivity contribution in [3.63, 3.8) is 0 Å². The van der Waals surface area contributed by atoms with E-state index in [1.165, 1.54) is 0 Å². The van der Waals surface area contributed by atoms with Gasteiger partial charge in [-0.15, -0.1) is 0 Å². The van der Waals surface area contributed by atoms with Crippen molar-refractivity contribution in [3.05, 3.63) is 11.5 Å². The van der Waals surface area contributed by atoms with Gasteiger partial charge < -0.3 is 27.0 Å². The molecule has 0 radical (unpaired) electrons. The maximum Gasteiger partial charge on any atom is 0.285 e. The van der Waals surface area contributed by atoms with Crippen molar-refractivity contribution in [2.45, 2.75) is 13.0 Å². The summed E-state index contributed by atoms with van der Waals surface area (Å²) in [7, 11) is 0. The number of nitrogens with one attached hydrogen (secondary N) is 1. The Hall–Kier alpha value is -2.25. The molecule has 0 spiro atoms. The zero-order chi connectivity index (χ0) is 12.2. The Morgan fingerprint density at radius 2 is 1.67 bits per heavy atom. The van der Waals surface area contributed by atoms with Gasteiger partial charge in [0.25, 0.3) is 11.9 Å². The topological polar surface area (TPSA) is 156 Å². The lowest BCUT2D eigenvalue weighted by Gasteiger charge is -2.14. The van der Waals surface area contributed by atoms with Gasteiger partial charge in [-0.1, -0.05) is 0 Å². The Kier molecular flexibility index (Phi) is 4.11. The van der Waals surface area contributed by atoms with E-state index < -0.39 is 35.3 Å². The minimum absolute atomic E-state index is 0.682. The smallest absolute Gasteiger partial charge is 0.285 e. The van der Waals surface area contributed by atoms with Crippen LogP contribution in [0.2, 0.25) is 0 Å². The van der Waals surface area contributed by atoms with Gasteiger partial charge in [0.05, 0.1) is 0 Å². The van der Waals surface area contributed by atoms with Gasteiger partial charge in [-0.3, -0.25) is 14.4 Å². The molecule has 0 aliphatic carbocycles. The van der Waals surface area contributed by atoms with Crippen LogP contribution in [-0.2, 0) is 14.4 Å². The van der Waals surface area contributed by atoms with Crippen LogP contribution in [0.25, 0.3) is 0 Å². The van der Waals surface area contributed by atoms with E-state index in [1.807, 2.05) is 5.32 Å². The number of hydrogen-bond acceptors (Lipinski definition) is 5. The fraction of sp³-hybridized carbons (Fsp3) is 0.286. The van der Waals surface area contributed by atoms with Crippen LogP contribution in [0, 0.1) is 0 Å². The molecule has 8 nitrogen and oxygen atoms in total. The number of carbonyl (C=O) groups excluding carboxylic acids is 3. The summed E-state index contributed by atoms with van der Waals surface area (Å²) in [6, 6.07) is -1.66. The van der Waals surface area contributed by atoms with Gasteiger partial charge in [0, 0.05) is 6.92 Å². The van der Waals surface area contributed by atoms with Crippen LogP contribution < -0.4 is 16.8 Å². The van der Waals surface area contributed by atoms with E-state index in [4.69, 9.17) is 21.7 Å². The Morgan fingerprint density at radius 3 is 1.87 bits per heavy atom. The molecule has 0 aromatic heterocycles. The highest BCUT2D eigenvalue weighted by Gasteiger charge is 2.29. The maximum absolute atomic E-state index is 10.8. The van der Waals surface area contributed by atoms with Gasteiger partial charge in [-0.25, -0.2) is 0 Å². The monoisotopic (exact) mass is 217 g/mol. The van der Waals surface area contributed by atoms with Crippen molar-refractivity contribution in [1.29, 1.82) is 0 Å². The molecule has 0 rings (SSSR count). The lowest BCUT2D eigenvalue weighted by atomic mass is 10.1. The maximum atomic E-state index is 10.8. The lowest BCUT2D eigenvalue weighted by Crippen LogP contribution is -2.48. The second-order valence-electron chi connectivity index (χ2n) is 2.64. The van der Waals surface area contributed by atoms with E-state index in [0.29, 0.717) is 0 Å². The third kappa shape index (κ3) is 3.55. The van der Waals surface area contributed by atoms with Crippen LogP contribution in [0.1, 0.15) is 6.92 Å². The third-order valence-electron chi connectivity index (χ3n) is 1.43. The average Bonchev–Trinajstić information content (AvgIpc) is 2.00. The molecule has 0 aromatic rings. The van der Waals surface area contributed by atoms with E-state index in [9.17, 15) is 14.4 Å². The summed E-state index contributed by atoms with van der Waals surface area (Å²) in [5, 5.41) is 19.3. The van der Waals surface area contributed by atoms with Crippen LogP contribution in [0.3, 0.4) is 0 Å². The van der Waals surface area contributed by atoms with Gasteiger partial charge in [0.15, 0.2) is 0 Å². The van der Waals surface area contributed by atoms with Crippen LogP contribution >= 0.6 is 0 Å². The van der Waals surface area contributed by atoms with Crippen molar-refractivity contribution >= 4 is 17.7 Å². The van der Waals surface area contributed by atoms with Crippen LogP contribution in [-0.4, -0.2) is 34.0 Å². The molecule has 1 unspecified atom stereocenters. The first-order chi connectivity index (χ1) is 6.77.